The summed E-state index contributed by atoms with van der Waals surface area (Å²) in [5, 5.41) is 11.8. The van der Waals surface area contributed by atoms with E-state index in [0.29, 0.717) is 31.9 Å². The number of carbonyl (C=O) groups is 1. The first kappa shape index (κ1) is 13.4. The molecule has 1 amide bonds. The Labute approximate surface area is 99.6 Å². The number of hydrogen-bond acceptors (Lipinski definition) is 5. The lowest BCUT2D eigenvalue weighted by atomic mass is 10.2. The predicted octanol–water partition coefficient (Wildman–Crippen LogP) is 0.180. The number of rotatable bonds is 7. The molecule has 0 unspecified atom stereocenters. The van der Waals surface area contributed by atoms with Crippen molar-refractivity contribution in [2.75, 3.05) is 33.5 Å². The van der Waals surface area contributed by atoms with Gasteiger partial charge in [0, 0.05) is 19.9 Å². The maximum absolute atomic E-state index is 11.5. The summed E-state index contributed by atoms with van der Waals surface area (Å²) in [4.78, 5) is 15.3. The third-order valence-corrected chi connectivity index (χ3v) is 1.95. The molecule has 94 valence electrons. The highest BCUT2D eigenvalue weighted by Gasteiger charge is 2.05. The number of nitrogens with zero attached hydrogens (tertiary/aromatic N) is 1. The molecule has 0 saturated heterocycles. The monoisotopic (exact) mass is 240 g/mol. The summed E-state index contributed by atoms with van der Waals surface area (Å²) in [6.07, 6.45) is 2.66. The van der Waals surface area contributed by atoms with Crippen LogP contribution in [0.5, 0.6) is 5.75 Å². The van der Waals surface area contributed by atoms with Crippen molar-refractivity contribution in [2.24, 2.45) is 0 Å². The Morgan fingerprint density at radius 2 is 2.24 bits per heavy atom. The van der Waals surface area contributed by atoms with E-state index in [1.165, 1.54) is 18.5 Å². The maximum Gasteiger partial charge on any atom is 0.253 e. The van der Waals surface area contributed by atoms with Crippen LogP contribution < -0.4 is 5.32 Å². The molecular weight excluding hydrogens is 224 g/mol. The fraction of sp³-hybridized carbons (Fsp3) is 0.455. The second-order valence-corrected chi connectivity index (χ2v) is 3.29. The van der Waals surface area contributed by atoms with Crippen LogP contribution in [-0.4, -0.2) is 49.5 Å². The number of aromatic hydroxyl groups is 1. The normalized spacial score (nSPS) is 10.2. The summed E-state index contributed by atoms with van der Waals surface area (Å²) in [6.45, 7) is 1.85. The van der Waals surface area contributed by atoms with E-state index in [2.05, 4.69) is 10.3 Å². The molecule has 6 nitrogen and oxygen atoms in total. The van der Waals surface area contributed by atoms with Crippen LogP contribution >= 0.6 is 0 Å². The first-order valence-corrected chi connectivity index (χ1v) is 5.23. The lowest BCUT2D eigenvalue weighted by Crippen LogP contribution is -2.27. The third-order valence-electron chi connectivity index (χ3n) is 1.95. The molecule has 0 fully saturated rings. The predicted molar refractivity (Wildman–Crippen MR) is 60.9 cm³/mol. The van der Waals surface area contributed by atoms with Crippen LogP contribution in [0.2, 0.25) is 0 Å². The van der Waals surface area contributed by atoms with Gasteiger partial charge in [0.2, 0.25) is 0 Å². The molecule has 0 aromatic carbocycles. The Balaban J connectivity index is 2.21. The zero-order valence-electron chi connectivity index (χ0n) is 9.68. The van der Waals surface area contributed by atoms with E-state index in [1.807, 2.05) is 0 Å². The topological polar surface area (TPSA) is 80.7 Å². The number of carbonyl (C=O) groups excluding carboxylic acids is 1. The molecule has 0 aliphatic heterocycles. The Hall–Kier alpha value is -1.66. The molecule has 0 atom stereocenters. The second-order valence-electron chi connectivity index (χ2n) is 3.29. The van der Waals surface area contributed by atoms with Crippen molar-refractivity contribution < 1.29 is 19.4 Å². The van der Waals surface area contributed by atoms with Gasteiger partial charge in [-0.1, -0.05) is 0 Å². The minimum Gasteiger partial charge on any atom is -0.506 e. The van der Waals surface area contributed by atoms with E-state index in [0.717, 1.165) is 0 Å². The molecule has 1 aromatic heterocycles. The van der Waals surface area contributed by atoms with Gasteiger partial charge in [0.25, 0.3) is 5.91 Å². The summed E-state index contributed by atoms with van der Waals surface area (Å²) >= 11 is 0. The molecule has 2 N–H and O–H groups in total. The molecule has 0 radical (unpaired) electrons. The molecular formula is C11H16N2O4. The van der Waals surface area contributed by atoms with Crippen molar-refractivity contribution in [3.63, 3.8) is 0 Å². The minimum atomic E-state index is -0.288. The number of aromatic nitrogens is 1. The summed E-state index contributed by atoms with van der Waals surface area (Å²) in [6, 6.07) is 1.36. The van der Waals surface area contributed by atoms with Crippen LogP contribution in [0, 0.1) is 0 Å². The number of amides is 1. The first-order valence-electron chi connectivity index (χ1n) is 5.23. The van der Waals surface area contributed by atoms with Gasteiger partial charge < -0.3 is 19.9 Å². The Bertz CT molecular complexity index is 357. The highest BCUT2D eigenvalue weighted by molar-refractivity contribution is 5.94. The van der Waals surface area contributed by atoms with Gasteiger partial charge in [-0.2, -0.15) is 0 Å². The van der Waals surface area contributed by atoms with Gasteiger partial charge >= 0.3 is 0 Å². The Kier molecular flexibility index (Phi) is 5.98. The second kappa shape index (κ2) is 7.59. The van der Waals surface area contributed by atoms with Crippen molar-refractivity contribution in [1.82, 2.24) is 10.3 Å². The largest absolute Gasteiger partial charge is 0.506 e. The molecule has 1 aromatic rings. The van der Waals surface area contributed by atoms with Crippen molar-refractivity contribution in [2.45, 2.75) is 0 Å². The van der Waals surface area contributed by atoms with Gasteiger partial charge in [0.15, 0.2) is 0 Å². The minimum absolute atomic E-state index is 0.0333. The van der Waals surface area contributed by atoms with Gasteiger partial charge in [0.1, 0.15) is 5.75 Å². The molecule has 0 saturated carbocycles. The third kappa shape index (κ3) is 5.28. The molecule has 17 heavy (non-hydrogen) atoms. The lowest BCUT2D eigenvalue weighted by Gasteiger charge is -2.06. The number of hydrogen-bond donors (Lipinski definition) is 2. The van der Waals surface area contributed by atoms with E-state index in [9.17, 15) is 4.79 Å². The smallest absolute Gasteiger partial charge is 0.253 e. The van der Waals surface area contributed by atoms with Gasteiger partial charge in [-0.3, -0.25) is 9.78 Å². The molecule has 0 bridgehead atoms. The van der Waals surface area contributed by atoms with E-state index >= 15 is 0 Å². The fourth-order valence-electron chi connectivity index (χ4n) is 1.14. The van der Waals surface area contributed by atoms with Gasteiger partial charge in [-0.25, -0.2) is 0 Å². The van der Waals surface area contributed by atoms with E-state index in [1.54, 1.807) is 7.11 Å². The summed E-state index contributed by atoms with van der Waals surface area (Å²) in [7, 11) is 1.60. The van der Waals surface area contributed by atoms with Crippen molar-refractivity contribution in [1.29, 1.82) is 0 Å². The van der Waals surface area contributed by atoms with Gasteiger partial charge in [-0.05, 0) is 6.07 Å². The first-order chi connectivity index (χ1) is 8.24. The zero-order valence-corrected chi connectivity index (χ0v) is 9.68. The van der Waals surface area contributed by atoms with Gasteiger partial charge in [0.05, 0.1) is 31.6 Å². The summed E-state index contributed by atoms with van der Waals surface area (Å²) in [5.74, 6) is -0.322. The number of pyridine rings is 1. The van der Waals surface area contributed by atoms with Crippen molar-refractivity contribution >= 4 is 5.91 Å². The van der Waals surface area contributed by atoms with Gasteiger partial charge in [-0.15, -0.1) is 0 Å². The molecule has 6 heteroatoms. The Morgan fingerprint density at radius 3 is 2.94 bits per heavy atom. The number of ether oxygens (including phenoxy) is 2. The Morgan fingerprint density at radius 1 is 1.41 bits per heavy atom. The molecule has 0 aliphatic carbocycles. The van der Waals surface area contributed by atoms with Crippen molar-refractivity contribution in [3.05, 3.63) is 24.0 Å². The van der Waals surface area contributed by atoms with Crippen LogP contribution in [0.15, 0.2) is 18.5 Å². The zero-order chi connectivity index (χ0) is 12.5. The van der Waals surface area contributed by atoms with E-state index in [4.69, 9.17) is 14.6 Å². The molecule has 0 spiro atoms. The average molecular weight is 240 g/mol. The SMILES string of the molecule is COCCOCCNC(=O)c1cncc(O)c1. The van der Waals surface area contributed by atoms with Crippen molar-refractivity contribution in [3.8, 4) is 5.75 Å². The highest BCUT2D eigenvalue weighted by atomic mass is 16.5. The number of nitrogens with one attached hydrogen (secondary N) is 1. The number of methoxy groups -OCH3 is 1. The van der Waals surface area contributed by atoms with E-state index < -0.39 is 0 Å². The quantitative estimate of drug-likeness (QED) is 0.664. The fourth-order valence-corrected chi connectivity index (χ4v) is 1.14. The van der Waals surface area contributed by atoms with Crippen LogP contribution in [0.25, 0.3) is 0 Å². The summed E-state index contributed by atoms with van der Waals surface area (Å²) < 4.78 is 9.98. The highest BCUT2D eigenvalue weighted by Crippen LogP contribution is 2.07. The van der Waals surface area contributed by atoms with Crippen LogP contribution in [0.1, 0.15) is 10.4 Å². The van der Waals surface area contributed by atoms with E-state index in [-0.39, 0.29) is 11.7 Å². The lowest BCUT2D eigenvalue weighted by molar-refractivity contribution is 0.0692. The van der Waals surface area contributed by atoms with Crippen LogP contribution in [-0.2, 0) is 9.47 Å². The molecule has 0 aliphatic rings. The standard InChI is InChI=1S/C11H16N2O4/c1-16-4-5-17-3-2-13-11(15)9-6-10(14)8-12-7-9/h6-8,14H,2-5H2,1H3,(H,13,15). The average Bonchev–Trinajstić information content (AvgIpc) is 2.33. The molecule has 1 heterocycles. The van der Waals surface area contributed by atoms with Crippen LogP contribution in [0.3, 0.4) is 0 Å². The summed E-state index contributed by atoms with van der Waals surface area (Å²) in [5.41, 5.74) is 0.321. The molecule has 1 rings (SSSR count). The van der Waals surface area contributed by atoms with Crippen LogP contribution in [0.4, 0.5) is 0 Å². The maximum atomic E-state index is 11.5.